The first-order valence-corrected chi connectivity index (χ1v) is 9.81. The van der Waals surface area contributed by atoms with Gasteiger partial charge in [0.15, 0.2) is 0 Å². The van der Waals surface area contributed by atoms with E-state index in [9.17, 15) is 4.79 Å². The first-order chi connectivity index (χ1) is 9.76. The van der Waals surface area contributed by atoms with Crippen LogP contribution in [0, 0.1) is 5.92 Å². The molecule has 0 saturated carbocycles. The molecule has 3 heteroatoms. The van der Waals surface area contributed by atoms with Crippen LogP contribution < -0.4 is 4.46 Å². The molecule has 1 aliphatic rings. The van der Waals surface area contributed by atoms with Crippen molar-refractivity contribution in [2.45, 2.75) is 50.9 Å². The number of likely N-dealkylation sites (tertiary alicyclic amines) is 1. The van der Waals surface area contributed by atoms with Gasteiger partial charge in [-0.15, -0.1) is 0 Å². The molecule has 0 spiro atoms. The van der Waals surface area contributed by atoms with Crippen LogP contribution in [0.15, 0.2) is 30.3 Å². The molecule has 2 atom stereocenters. The van der Waals surface area contributed by atoms with Crippen LogP contribution in [0.3, 0.4) is 0 Å². The summed E-state index contributed by atoms with van der Waals surface area (Å²) in [6.07, 6.45) is 4.37. The van der Waals surface area contributed by atoms with Gasteiger partial charge >= 0.3 is 129 Å². The molecule has 1 aliphatic heterocycles. The summed E-state index contributed by atoms with van der Waals surface area (Å²) in [6, 6.07) is 11.2. The van der Waals surface area contributed by atoms with Crippen LogP contribution in [0.25, 0.3) is 0 Å². The topological polar surface area (TPSA) is 20.3 Å². The van der Waals surface area contributed by atoms with Crippen LogP contribution >= 0.6 is 0 Å². The van der Waals surface area contributed by atoms with Gasteiger partial charge in [0.1, 0.15) is 0 Å². The van der Waals surface area contributed by atoms with Crippen molar-refractivity contribution < 1.29 is 4.79 Å². The Hall–Kier alpha value is -0.791. The number of carbonyl (C=O) groups is 1. The van der Waals surface area contributed by atoms with Gasteiger partial charge in [0.2, 0.25) is 0 Å². The van der Waals surface area contributed by atoms with Gasteiger partial charge in [-0.1, -0.05) is 0 Å². The average molecular weight is 338 g/mol. The fraction of sp³-hybridized carbons (Fsp3) is 0.588. The molecule has 0 bridgehead atoms. The Balaban J connectivity index is 1.95. The van der Waals surface area contributed by atoms with Crippen LogP contribution in [-0.2, 0) is 4.79 Å². The molecule has 110 valence electrons. The number of hydrogen-bond acceptors (Lipinski definition) is 1. The van der Waals surface area contributed by atoms with E-state index in [1.54, 1.807) is 0 Å². The molecular weight excluding hydrogens is 313 g/mol. The van der Waals surface area contributed by atoms with Gasteiger partial charge in [0.25, 0.3) is 0 Å². The number of hydrogen-bond donors (Lipinski definition) is 0. The van der Waals surface area contributed by atoms with Gasteiger partial charge in [-0.2, -0.15) is 0 Å². The summed E-state index contributed by atoms with van der Waals surface area (Å²) >= 11 is 0.485. The van der Waals surface area contributed by atoms with E-state index >= 15 is 0 Å². The monoisotopic (exact) mass is 339 g/mol. The van der Waals surface area contributed by atoms with Crippen LogP contribution in [-0.4, -0.2) is 38.4 Å². The Morgan fingerprint density at radius 1 is 1.25 bits per heavy atom. The molecule has 0 aromatic heterocycles. The van der Waals surface area contributed by atoms with Crippen molar-refractivity contribution in [3.63, 3.8) is 0 Å². The van der Waals surface area contributed by atoms with Crippen LogP contribution in [0.4, 0.5) is 0 Å². The van der Waals surface area contributed by atoms with E-state index in [2.05, 4.69) is 49.1 Å². The second-order valence-electron chi connectivity index (χ2n) is 5.50. The maximum atomic E-state index is 12.4. The number of rotatable bonds is 7. The van der Waals surface area contributed by atoms with Gasteiger partial charge in [-0.05, 0) is 0 Å². The van der Waals surface area contributed by atoms with Crippen LogP contribution in [0.5, 0.6) is 0 Å². The summed E-state index contributed by atoms with van der Waals surface area (Å²) in [5.41, 5.74) is 0. The fourth-order valence-corrected chi connectivity index (χ4v) is 5.00. The zero-order valence-corrected chi connectivity index (χ0v) is 14.3. The van der Waals surface area contributed by atoms with Crippen molar-refractivity contribution in [1.82, 2.24) is 4.90 Å². The molecule has 0 radical (unpaired) electrons. The van der Waals surface area contributed by atoms with Crippen molar-refractivity contribution in [2.75, 3.05) is 6.54 Å². The Bertz CT molecular complexity index is 420. The third kappa shape index (κ3) is 3.86. The van der Waals surface area contributed by atoms with Crippen molar-refractivity contribution in [2.24, 2.45) is 5.92 Å². The van der Waals surface area contributed by atoms with Crippen molar-refractivity contribution in [3.05, 3.63) is 30.3 Å². The molecule has 0 aliphatic carbocycles. The Morgan fingerprint density at radius 2 is 2.00 bits per heavy atom. The van der Waals surface area contributed by atoms with Gasteiger partial charge in [0.05, 0.1) is 0 Å². The summed E-state index contributed by atoms with van der Waals surface area (Å²) in [7, 11) is 0. The quantitative estimate of drug-likeness (QED) is 0.700. The minimum atomic E-state index is 0.281. The van der Waals surface area contributed by atoms with Crippen molar-refractivity contribution in [1.29, 1.82) is 0 Å². The first kappa shape index (κ1) is 15.6. The molecule has 2 unspecified atom stereocenters. The molecule has 1 aromatic rings. The number of amides is 1. The van der Waals surface area contributed by atoms with Gasteiger partial charge in [-0.3, -0.25) is 0 Å². The minimum absolute atomic E-state index is 0.281. The van der Waals surface area contributed by atoms with E-state index in [1.807, 2.05) is 0 Å². The Labute approximate surface area is 129 Å². The molecular formula is C17H25NOSe. The van der Waals surface area contributed by atoms with E-state index in [0.717, 1.165) is 32.2 Å². The molecule has 1 amide bonds. The van der Waals surface area contributed by atoms with Gasteiger partial charge in [0, 0.05) is 0 Å². The molecule has 1 fully saturated rings. The van der Waals surface area contributed by atoms with E-state index in [4.69, 9.17) is 0 Å². The predicted molar refractivity (Wildman–Crippen MR) is 85.4 cm³/mol. The molecule has 0 N–H and O–H groups in total. The Kier molecular flexibility index (Phi) is 6.12. The molecule has 20 heavy (non-hydrogen) atoms. The molecule has 1 heterocycles. The summed E-state index contributed by atoms with van der Waals surface area (Å²) in [4.78, 5) is 14.6. The summed E-state index contributed by atoms with van der Waals surface area (Å²) < 4.78 is 1.45. The van der Waals surface area contributed by atoms with Gasteiger partial charge < -0.3 is 0 Å². The number of benzene rings is 1. The standard InChI is InChI=1S/C17H25NOSe/c1-3-5-11-18-15(12-14(4-2)17(18)19)13-20-16-9-7-6-8-10-16/h6-10,14-15H,3-5,11-13H2,1-2H3. The fourth-order valence-electron chi connectivity index (χ4n) is 2.80. The average Bonchev–Trinajstić information content (AvgIpc) is 2.79. The SMILES string of the molecule is CCCCN1C(=O)C(CC)CC1C[Se]c1ccccc1. The van der Waals surface area contributed by atoms with E-state index in [1.165, 1.54) is 9.78 Å². The molecule has 1 aromatic carbocycles. The van der Waals surface area contributed by atoms with E-state index in [0.29, 0.717) is 26.9 Å². The molecule has 1 saturated heterocycles. The van der Waals surface area contributed by atoms with Crippen LogP contribution in [0.1, 0.15) is 39.5 Å². The van der Waals surface area contributed by atoms with Crippen molar-refractivity contribution in [3.8, 4) is 0 Å². The predicted octanol–water partition coefficient (Wildman–Crippen LogP) is 2.86. The van der Waals surface area contributed by atoms with Gasteiger partial charge in [-0.25, -0.2) is 0 Å². The first-order valence-electron chi connectivity index (χ1n) is 7.74. The summed E-state index contributed by atoms with van der Waals surface area (Å²) in [6.45, 7) is 5.30. The normalized spacial score (nSPS) is 22.5. The van der Waals surface area contributed by atoms with Crippen LogP contribution in [0.2, 0.25) is 5.32 Å². The Morgan fingerprint density at radius 3 is 2.65 bits per heavy atom. The second kappa shape index (κ2) is 7.85. The zero-order valence-electron chi connectivity index (χ0n) is 12.5. The van der Waals surface area contributed by atoms with E-state index < -0.39 is 0 Å². The third-order valence-electron chi connectivity index (χ3n) is 4.06. The zero-order chi connectivity index (χ0) is 14.4. The summed E-state index contributed by atoms with van der Waals surface area (Å²) in [5.74, 6) is 0.693. The second-order valence-corrected chi connectivity index (χ2v) is 7.80. The summed E-state index contributed by atoms with van der Waals surface area (Å²) in [5, 5.41) is 1.17. The van der Waals surface area contributed by atoms with Crippen molar-refractivity contribution >= 4 is 25.3 Å². The number of nitrogens with zero attached hydrogens (tertiary/aromatic N) is 1. The number of carbonyl (C=O) groups excluding carboxylic acids is 1. The maximum absolute atomic E-state index is 12.4. The number of unbranched alkanes of at least 4 members (excludes halogenated alkanes) is 1. The molecule has 2 nitrogen and oxygen atoms in total. The van der Waals surface area contributed by atoms with E-state index in [-0.39, 0.29) is 5.92 Å². The third-order valence-corrected chi connectivity index (χ3v) is 6.49. The molecule has 2 rings (SSSR count).